The quantitative estimate of drug-likeness (QED) is 0.596. The maximum absolute atomic E-state index is 12.6. The highest BCUT2D eigenvalue weighted by molar-refractivity contribution is 5.80. The molecule has 6 heteroatoms. The molecular formula is C26H30N2O4. The van der Waals surface area contributed by atoms with Gasteiger partial charge in [0.15, 0.2) is 23.0 Å². The smallest absolute Gasteiger partial charge is 0.223 e. The van der Waals surface area contributed by atoms with Crippen LogP contribution >= 0.6 is 0 Å². The molecule has 1 aliphatic heterocycles. The molecule has 1 aromatic heterocycles. The number of amides is 1. The summed E-state index contributed by atoms with van der Waals surface area (Å²) in [5.41, 5.74) is 3.87. The number of aryl methyl sites for hydroxylation is 1. The summed E-state index contributed by atoms with van der Waals surface area (Å²) >= 11 is 0. The SMILES string of the molecule is COc1ccc([C@H]2CNC(=O)[C@H](Cc3nc4cccc(C)c4o3)C2)cc1OC1CCCC1. The van der Waals surface area contributed by atoms with Crippen molar-refractivity contribution in [2.45, 2.75) is 57.5 Å². The molecule has 2 atom stereocenters. The summed E-state index contributed by atoms with van der Waals surface area (Å²) in [6, 6.07) is 12.1. The van der Waals surface area contributed by atoms with Gasteiger partial charge in [0.1, 0.15) is 5.52 Å². The first-order chi connectivity index (χ1) is 15.6. The highest BCUT2D eigenvalue weighted by Crippen LogP contribution is 2.37. The van der Waals surface area contributed by atoms with Crippen LogP contribution in [-0.2, 0) is 11.2 Å². The summed E-state index contributed by atoms with van der Waals surface area (Å²) in [7, 11) is 1.68. The van der Waals surface area contributed by atoms with E-state index in [-0.39, 0.29) is 23.8 Å². The summed E-state index contributed by atoms with van der Waals surface area (Å²) < 4.78 is 17.8. The van der Waals surface area contributed by atoms with Gasteiger partial charge in [0, 0.05) is 24.8 Å². The molecule has 1 saturated heterocycles. The molecule has 2 fully saturated rings. The van der Waals surface area contributed by atoms with E-state index in [9.17, 15) is 4.79 Å². The van der Waals surface area contributed by atoms with Crippen LogP contribution in [0.5, 0.6) is 11.5 Å². The van der Waals surface area contributed by atoms with Crippen molar-refractivity contribution in [1.29, 1.82) is 0 Å². The molecule has 0 bridgehead atoms. The van der Waals surface area contributed by atoms with Gasteiger partial charge in [0.05, 0.1) is 13.2 Å². The zero-order chi connectivity index (χ0) is 22.1. The molecule has 1 N–H and O–H groups in total. The predicted octanol–water partition coefficient (Wildman–Crippen LogP) is 4.93. The number of ether oxygens (including phenoxy) is 2. The Morgan fingerprint density at radius 3 is 2.78 bits per heavy atom. The van der Waals surface area contributed by atoms with Crippen LogP contribution in [-0.4, -0.2) is 30.6 Å². The number of fused-ring (bicyclic) bond motifs is 1. The molecule has 168 valence electrons. The average molecular weight is 435 g/mol. The van der Waals surface area contributed by atoms with Crippen molar-refractivity contribution in [1.82, 2.24) is 10.3 Å². The summed E-state index contributed by atoms with van der Waals surface area (Å²) in [6.07, 6.45) is 6.14. The number of hydrogen-bond acceptors (Lipinski definition) is 5. The van der Waals surface area contributed by atoms with Gasteiger partial charge >= 0.3 is 0 Å². The molecule has 2 heterocycles. The number of rotatable bonds is 6. The molecule has 1 saturated carbocycles. The third-order valence-corrected chi connectivity index (χ3v) is 6.79. The number of para-hydroxylation sites is 1. The summed E-state index contributed by atoms with van der Waals surface area (Å²) in [5, 5.41) is 3.09. The van der Waals surface area contributed by atoms with E-state index in [1.807, 2.05) is 31.2 Å². The average Bonchev–Trinajstić information content (AvgIpc) is 3.45. The zero-order valence-corrected chi connectivity index (χ0v) is 18.7. The molecule has 32 heavy (non-hydrogen) atoms. The zero-order valence-electron chi connectivity index (χ0n) is 18.7. The number of benzene rings is 2. The number of piperidine rings is 1. The molecule has 0 radical (unpaired) electrons. The second-order valence-corrected chi connectivity index (χ2v) is 9.04. The Balaban J connectivity index is 1.34. The minimum absolute atomic E-state index is 0.0659. The molecule has 2 aromatic carbocycles. The topological polar surface area (TPSA) is 73.6 Å². The molecular weight excluding hydrogens is 404 g/mol. The van der Waals surface area contributed by atoms with Crippen LogP contribution in [0.1, 0.15) is 55.0 Å². The fourth-order valence-corrected chi connectivity index (χ4v) is 4.99. The Kier molecular flexibility index (Phi) is 5.77. The van der Waals surface area contributed by atoms with Gasteiger partial charge in [-0.1, -0.05) is 18.2 Å². The Morgan fingerprint density at radius 2 is 2.00 bits per heavy atom. The van der Waals surface area contributed by atoms with Crippen LogP contribution in [0.25, 0.3) is 11.1 Å². The number of methoxy groups -OCH3 is 1. The van der Waals surface area contributed by atoms with Gasteiger partial charge in [-0.2, -0.15) is 0 Å². The van der Waals surface area contributed by atoms with Crippen LogP contribution in [0, 0.1) is 12.8 Å². The molecule has 1 amide bonds. The first-order valence-corrected chi connectivity index (χ1v) is 11.6. The van der Waals surface area contributed by atoms with Gasteiger partial charge in [-0.15, -0.1) is 0 Å². The largest absolute Gasteiger partial charge is 0.493 e. The number of oxazole rings is 1. The Morgan fingerprint density at radius 1 is 1.16 bits per heavy atom. The van der Waals surface area contributed by atoms with Gasteiger partial charge in [-0.25, -0.2) is 4.98 Å². The predicted molar refractivity (Wildman–Crippen MR) is 122 cm³/mol. The minimum atomic E-state index is -0.177. The standard InChI is InChI=1S/C26H30N2O4/c1-16-6-5-9-21-25(16)32-24(28-21)14-18-12-19(15-27-26(18)29)17-10-11-22(30-2)23(13-17)31-20-7-3-4-8-20/h5-6,9-11,13,18-20H,3-4,7-8,12,14-15H2,1-2H3,(H,27,29)/t18-,19+/m0/s1. The molecule has 0 spiro atoms. The normalized spacial score (nSPS) is 21.6. The number of nitrogens with one attached hydrogen (secondary N) is 1. The lowest BCUT2D eigenvalue weighted by Crippen LogP contribution is -2.41. The second-order valence-electron chi connectivity index (χ2n) is 9.04. The lowest BCUT2D eigenvalue weighted by molar-refractivity contribution is -0.127. The van der Waals surface area contributed by atoms with Crippen molar-refractivity contribution in [3.8, 4) is 11.5 Å². The van der Waals surface area contributed by atoms with Crippen LogP contribution in [0.3, 0.4) is 0 Å². The first-order valence-electron chi connectivity index (χ1n) is 11.6. The van der Waals surface area contributed by atoms with E-state index in [0.29, 0.717) is 18.9 Å². The number of carbonyl (C=O) groups is 1. The van der Waals surface area contributed by atoms with E-state index in [1.54, 1.807) is 7.11 Å². The summed E-state index contributed by atoms with van der Waals surface area (Å²) in [5.74, 6) is 2.29. The molecule has 0 unspecified atom stereocenters. The molecule has 1 aliphatic carbocycles. The van der Waals surface area contributed by atoms with E-state index in [1.165, 1.54) is 12.8 Å². The third kappa shape index (κ3) is 4.18. The van der Waals surface area contributed by atoms with Crippen molar-refractivity contribution >= 4 is 17.0 Å². The van der Waals surface area contributed by atoms with Crippen LogP contribution in [0.2, 0.25) is 0 Å². The second kappa shape index (κ2) is 8.85. The maximum atomic E-state index is 12.6. The fourth-order valence-electron chi connectivity index (χ4n) is 4.99. The van der Waals surface area contributed by atoms with Crippen LogP contribution < -0.4 is 14.8 Å². The monoisotopic (exact) mass is 434 g/mol. The minimum Gasteiger partial charge on any atom is -0.493 e. The van der Waals surface area contributed by atoms with Gasteiger partial charge < -0.3 is 19.2 Å². The Hall–Kier alpha value is -3.02. The fraction of sp³-hybridized carbons (Fsp3) is 0.462. The van der Waals surface area contributed by atoms with Gasteiger partial charge in [0.2, 0.25) is 5.91 Å². The van der Waals surface area contributed by atoms with E-state index >= 15 is 0 Å². The Bertz CT molecular complexity index is 1120. The van der Waals surface area contributed by atoms with Crippen molar-refractivity contribution in [2.24, 2.45) is 5.92 Å². The lowest BCUT2D eigenvalue weighted by Gasteiger charge is -2.29. The Labute approximate surface area is 188 Å². The molecule has 2 aliphatic rings. The lowest BCUT2D eigenvalue weighted by atomic mass is 9.83. The van der Waals surface area contributed by atoms with Crippen molar-refractivity contribution < 1.29 is 18.7 Å². The van der Waals surface area contributed by atoms with Gasteiger partial charge in [0.25, 0.3) is 0 Å². The van der Waals surface area contributed by atoms with Gasteiger partial charge in [-0.05, 0) is 68.4 Å². The van der Waals surface area contributed by atoms with E-state index in [0.717, 1.165) is 53.0 Å². The van der Waals surface area contributed by atoms with E-state index in [2.05, 4.69) is 22.4 Å². The number of hydrogen-bond donors (Lipinski definition) is 1. The molecule has 3 aromatic rings. The third-order valence-electron chi connectivity index (χ3n) is 6.79. The van der Waals surface area contributed by atoms with Crippen molar-refractivity contribution in [2.75, 3.05) is 13.7 Å². The number of aromatic nitrogens is 1. The van der Waals surface area contributed by atoms with Crippen LogP contribution in [0.4, 0.5) is 0 Å². The van der Waals surface area contributed by atoms with Crippen LogP contribution in [0.15, 0.2) is 40.8 Å². The van der Waals surface area contributed by atoms with Crippen molar-refractivity contribution in [3.63, 3.8) is 0 Å². The number of carbonyl (C=O) groups excluding carboxylic acids is 1. The van der Waals surface area contributed by atoms with E-state index in [4.69, 9.17) is 13.9 Å². The first kappa shape index (κ1) is 20.9. The molecule has 5 rings (SSSR count). The van der Waals surface area contributed by atoms with E-state index < -0.39 is 0 Å². The molecule has 6 nitrogen and oxygen atoms in total. The maximum Gasteiger partial charge on any atom is 0.223 e. The van der Waals surface area contributed by atoms with Crippen molar-refractivity contribution in [3.05, 3.63) is 53.4 Å². The summed E-state index contributed by atoms with van der Waals surface area (Å²) in [4.78, 5) is 17.2. The van der Waals surface area contributed by atoms with Gasteiger partial charge in [-0.3, -0.25) is 4.79 Å². The highest BCUT2D eigenvalue weighted by Gasteiger charge is 2.31. The summed E-state index contributed by atoms with van der Waals surface area (Å²) in [6.45, 7) is 2.63. The number of nitrogens with zero attached hydrogens (tertiary/aromatic N) is 1. The highest BCUT2D eigenvalue weighted by atomic mass is 16.5.